The number of aromatic nitrogens is 2. The molecule has 24 heavy (non-hydrogen) atoms. The fourth-order valence-electron chi connectivity index (χ4n) is 2.97. The van der Waals surface area contributed by atoms with Crippen molar-refractivity contribution >= 4 is 17.5 Å². The molecule has 5 nitrogen and oxygen atoms in total. The molecule has 1 saturated heterocycles. The number of hydrogen-bond donors (Lipinski definition) is 2. The van der Waals surface area contributed by atoms with Crippen molar-refractivity contribution in [1.82, 2.24) is 9.97 Å². The lowest BCUT2D eigenvalue weighted by atomic mass is 10.0. The van der Waals surface area contributed by atoms with Crippen molar-refractivity contribution in [2.75, 3.05) is 29.5 Å². The maximum absolute atomic E-state index is 13.3. The van der Waals surface area contributed by atoms with E-state index in [-0.39, 0.29) is 11.6 Å². The molecule has 1 aromatic heterocycles. The number of piperidine rings is 1. The number of nitrogens with two attached hydrogens (primary N) is 2. The quantitative estimate of drug-likeness (QED) is 0.879. The third kappa shape index (κ3) is 3.22. The standard InChI is InChI=1S/C16H18F3N5/c17-16(18,19)12-13(22-15(21)23-14(12)20)10-4-6-11(7-5-10)24-8-2-1-3-9-24/h4-7H,1-3,8-9H2,(H4,20,21,22,23). The molecule has 4 N–H and O–H groups in total. The van der Waals surface area contributed by atoms with Crippen LogP contribution in [0.25, 0.3) is 11.3 Å². The van der Waals surface area contributed by atoms with E-state index in [0.29, 0.717) is 5.56 Å². The molecule has 3 rings (SSSR count). The van der Waals surface area contributed by atoms with Gasteiger partial charge in [-0.25, -0.2) is 4.98 Å². The predicted molar refractivity (Wildman–Crippen MR) is 87.4 cm³/mol. The van der Waals surface area contributed by atoms with Gasteiger partial charge in [-0.3, -0.25) is 0 Å². The van der Waals surface area contributed by atoms with Crippen LogP contribution in [0.2, 0.25) is 0 Å². The van der Waals surface area contributed by atoms with Gasteiger partial charge in [0.05, 0.1) is 5.69 Å². The molecule has 128 valence electrons. The van der Waals surface area contributed by atoms with Crippen LogP contribution in [0.1, 0.15) is 24.8 Å². The maximum Gasteiger partial charge on any atom is 0.422 e. The monoisotopic (exact) mass is 337 g/mol. The van der Waals surface area contributed by atoms with E-state index in [1.54, 1.807) is 24.3 Å². The minimum Gasteiger partial charge on any atom is -0.383 e. The van der Waals surface area contributed by atoms with Crippen LogP contribution in [0, 0.1) is 0 Å². The second-order valence-electron chi connectivity index (χ2n) is 5.78. The highest BCUT2D eigenvalue weighted by atomic mass is 19.4. The molecular weight excluding hydrogens is 319 g/mol. The highest BCUT2D eigenvalue weighted by molar-refractivity contribution is 5.71. The van der Waals surface area contributed by atoms with Gasteiger partial charge in [-0.05, 0) is 31.4 Å². The molecule has 0 atom stereocenters. The Labute approximate surface area is 137 Å². The molecule has 1 aliphatic rings. The molecule has 0 radical (unpaired) electrons. The topological polar surface area (TPSA) is 81.1 Å². The van der Waals surface area contributed by atoms with Crippen molar-refractivity contribution < 1.29 is 13.2 Å². The fraction of sp³-hybridized carbons (Fsp3) is 0.375. The van der Waals surface area contributed by atoms with Gasteiger partial charge in [-0.2, -0.15) is 18.2 Å². The molecule has 1 aromatic carbocycles. The van der Waals surface area contributed by atoms with Crippen molar-refractivity contribution in [3.05, 3.63) is 29.8 Å². The average molecular weight is 337 g/mol. The zero-order valence-electron chi connectivity index (χ0n) is 13.0. The van der Waals surface area contributed by atoms with Crippen molar-refractivity contribution in [3.63, 3.8) is 0 Å². The molecule has 0 saturated carbocycles. The second-order valence-corrected chi connectivity index (χ2v) is 5.78. The normalized spacial score (nSPS) is 15.5. The predicted octanol–water partition coefficient (Wildman–Crippen LogP) is 3.32. The van der Waals surface area contributed by atoms with Crippen LogP contribution >= 0.6 is 0 Å². The molecule has 0 unspecified atom stereocenters. The third-order valence-electron chi connectivity index (χ3n) is 4.10. The number of halogens is 3. The van der Waals surface area contributed by atoms with E-state index in [2.05, 4.69) is 14.9 Å². The summed E-state index contributed by atoms with van der Waals surface area (Å²) >= 11 is 0. The van der Waals surface area contributed by atoms with E-state index in [1.165, 1.54) is 6.42 Å². The molecule has 1 fully saturated rings. The first-order valence-corrected chi connectivity index (χ1v) is 7.72. The number of nitrogens with zero attached hydrogens (tertiary/aromatic N) is 3. The minimum atomic E-state index is -4.65. The zero-order valence-corrected chi connectivity index (χ0v) is 13.0. The largest absolute Gasteiger partial charge is 0.422 e. The van der Waals surface area contributed by atoms with Gasteiger partial charge in [0.2, 0.25) is 5.95 Å². The van der Waals surface area contributed by atoms with E-state index >= 15 is 0 Å². The lowest BCUT2D eigenvalue weighted by molar-refractivity contribution is -0.136. The van der Waals surface area contributed by atoms with Gasteiger partial charge in [-0.15, -0.1) is 0 Å². The van der Waals surface area contributed by atoms with Crippen LogP contribution in [0.5, 0.6) is 0 Å². The van der Waals surface area contributed by atoms with Gasteiger partial charge in [-0.1, -0.05) is 12.1 Å². The average Bonchev–Trinajstić information content (AvgIpc) is 2.54. The van der Waals surface area contributed by atoms with Crippen LogP contribution in [0.3, 0.4) is 0 Å². The summed E-state index contributed by atoms with van der Waals surface area (Å²) in [6.07, 6.45) is -1.19. The van der Waals surface area contributed by atoms with E-state index in [0.717, 1.165) is 31.6 Å². The van der Waals surface area contributed by atoms with Crippen molar-refractivity contribution in [1.29, 1.82) is 0 Å². The number of rotatable bonds is 2. The Kier molecular flexibility index (Phi) is 4.21. The first kappa shape index (κ1) is 16.4. The minimum absolute atomic E-state index is 0.282. The second kappa shape index (κ2) is 6.18. The van der Waals surface area contributed by atoms with Crippen molar-refractivity contribution in [2.45, 2.75) is 25.4 Å². The molecule has 1 aliphatic heterocycles. The summed E-state index contributed by atoms with van der Waals surface area (Å²) < 4.78 is 39.9. The molecule has 0 amide bonds. The van der Waals surface area contributed by atoms with Gasteiger partial charge >= 0.3 is 6.18 Å². The van der Waals surface area contributed by atoms with Crippen molar-refractivity contribution in [2.24, 2.45) is 0 Å². The highest BCUT2D eigenvalue weighted by Gasteiger charge is 2.38. The van der Waals surface area contributed by atoms with Crippen LogP contribution < -0.4 is 16.4 Å². The number of hydrogen-bond acceptors (Lipinski definition) is 5. The molecule has 0 aliphatic carbocycles. The molecular formula is C16H18F3N5. The Balaban J connectivity index is 2.00. The highest BCUT2D eigenvalue weighted by Crippen LogP contribution is 2.39. The summed E-state index contributed by atoms with van der Waals surface area (Å²) in [6, 6.07) is 6.82. The summed E-state index contributed by atoms with van der Waals surface area (Å²) in [5.74, 6) is -0.944. The lowest BCUT2D eigenvalue weighted by Gasteiger charge is -2.29. The third-order valence-corrected chi connectivity index (χ3v) is 4.10. The van der Waals surface area contributed by atoms with Gasteiger partial charge in [0.1, 0.15) is 11.4 Å². The Morgan fingerprint density at radius 3 is 2.12 bits per heavy atom. The van der Waals surface area contributed by atoms with E-state index in [9.17, 15) is 13.2 Å². The van der Waals surface area contributed by atoms with Crippen LogP contribution in [0.4, 0.5) is 30.6 Å². The molecule has 2 aromatic rings. The molecule has 0 spiro atoms. The summed E-state index contributed by atoms with van der Waals surface area (Å²) in [5.41, 5.74) is 10.9. The van der Waals surface area contributed by atoms with Crippen LogP contribution in [0.15, 0.2) is 24.3 Å². The number of benzene rings is 1. The van der Waals surface area contributed by atoms with Gasteiger partial charge in [0, 0.05) is 24.3 Å². The summed E-state index contributed by atoms with van der Waals surface area (Å²) in [4.78, 5) is 9.42. The summed E-state index contributed by atoms with van der Waals surface area (Å²) in [7, 11) is 0. The van der Waals surface area contributed by atoms with Crippen molar-refractivity contribution in [3.8, 4) is 11.3 Å². The van der Waals surface area contributed by atoms with E-state index < -0.39 is 17.6 Å². The SMILES string of the molecule is Nc1nc(N)c(C(F)(F)F)c(-c2ccc(N3CCCCC3)cc2)n1. The lowest BCUT2D eigenvalue weighted by Crippen LogP contribution is -2.29. The Bertz CT molecular complexity index is 722. The Hall–Kier alpha value is -2.51. The first-order chi connectivity index (χ1) is 11.4. The number of nitrogen functional groups attached to an aromatic ring is 2. The molecule has 2 heterocycles. The fourth-order valence-corrected chi connectivity index (χ4v) is 2.97. The Morgan fingerprint density at radius 1 is 0.917 bits per heavy atom. The van der Waals surface area contributed by atoms with E-state index in [1.807, 2.05) is 0 Å². The zero-order chi connectivity index (χ0) is 17.3. The number of alkyl halides is 3. The smallest absolute Gasteiger partial charge is 0.383 e. The Morgan fingerprint density at radius 2 is 1.54 bits per heavy atom. The summed E-state index contributed by atoms with van der Waals surface area (Å²) in [5, 5.41) is 0. The first-order valence-electron chi connectivity index (χ1n) is 7.72. The van der Waals surface area contributed by atoms with E-state index in [4.69, 9.17) is 11.5 Å². The van der Waals surface area contributed by atoms with Gasteiger partial charge in [0.15, 0.2) is 0 Å². The molecule has 8 heteroatoms. The van der Waals surface area contributed by atoms with Crippen LogP contribution in [-0.4, -0.2) is 23.1 Å². The maximum atomic E-state index is 13.3. The summed E-state index contributed by atoms with van der Waals surface area (Å²) in [6.45, 7) is 1.92. The van der Waals surface area contributed by atoms with Crippen LogP contribution in [-0.2, 0) is 6.18 Å². The van der Waals surface area contributed by atoms with Gasteiger partial charge < -0.3 is 16.4 Å². The van der Waals surface area contributed by atoms with Gasteiger partial charge in [0.25, 0.3) is 0 Å². The molecule has 0 bridgehead atoms. The number of anilines is 3.